The summed E-state index contributed by atoms with van der Waals surface area (Å²) in [5, 5.41) is 10.1. The number of hydrogen-bond donors (Lipinski definition) is 2. The van der Waals surface area contributed by atoms with Gasteiger partial charge >= 0.3 is 11.7 Å². The maximum atomic E-state index is 12.7. The Hall–Kier alpha value is -2.94. The van der Waals surface area contributed by atoms with Crippen molar-refractivity contribution in [1.29, 1.82) is 0 Å². The van der Waals surface area contributed by atoms with Crippen LogP contribution in [0.3, 0.4) is 0 Å². The molecule has 3 heterocycles. The van der Waals surface area contributed by atoms with E-state index in [9.17, 15) is 24.3 Å². The van der Waals surface area contributed by atoms with Gasteiger partial charge in [-0.1, -0.05) is 12.1 Å². The van der Waals surface area contributed by atoms with Gasteiger partial charge in [0.25, 0.3) is 5.56 Å². The van der Waals surface area contributed by atoms with E-state index in [0.29, 0.717) is 37.1 Å². The molecule has 2 aromatic rings. The average Bonchev–Trinajstić information content (AvgIpc) is 3.09. The molecule has 0 radical (unpaired) electrons. The van der Waals surface area contributed by atoms with Crippen molar-refractivity contribution in [2.75, 3.05) is 26.3 Å². The summed E-state index contributed by atoms with van der Waals surface area (Å²) in [6.07, 6.45) is 0.431. The molecule has 2 fully saturated rings. The van der Waals surface area contributed by atoms with Gasteiger partial charge in [-0.15, -0.1) is 0 Å². The molecule has 2 aliphatic rings. The lowest BCUT2D eigenvalue weighted by Gasteiger charge is -2.33. The summed E-state index contributed by atoms with van der Waals surface area (Å²) in [5.74, 6) is -1.32. The fraction of sp³-hybridized carbons (Fsp3) is 0.474. The first-order valence-corrected chi connectivity index (χ1v) is 9.23. The predicted octanol–water partition coefficient (Wildman–Crippen LogP) is 0.0296. The first kappa shape index (κ1) is 18.4. The molecule has 2 aliphatic heterocycles. The maximum Gasteiger partial charge on any atom is 0.328 e. The number of carbonyl (C=O) groups is 2. The lowest BCUT2D eigenvalue weighted by Crippen LogP contribution is -2.45. The zero-order valence-electron chi connectivity index (χ0n) is 15.2. The summed E-state index contributed by atoms with van der Waals surface area (Å²) in [6.45, 7) is 1.32. The zero-order valence-corrected chi connectivity index (χ0v) is 15.2. The van der Waals surface area contributed by atoms with E-state index in [2.05, 4.69) is 4.98 Å². The molecule has 2 N–H and O–H groups in total. The highest BCUT2D eigenvalue weighted by molar-refractivity contribution is 5.82. The van der Waals surface area contributed by atoms with Crippen LogP contribution in [-0.2, 0) is 20.9 Å². The Labute approximate surface area is 159 Å². The third-order valence-corrected chi connectivity index (χ3v) is 5.94. The lowest BCUT2D eigenvalue weighted by molar-refractivity contribution is -0.157. The van der Waals surface area contributed by atoms with Crippen LogP contribution in [-0.4, -0.2) is 57.7 Å². The van der Waals surface area contributed by atoms with Gasteiger partial charge in [0.1, 0.15) is 0 Å². The summed E-state index contributed by atoms with van der Waals surface area (Å²) in [5.41, 5.74) is -1.51. The predicted molar refractivity (Wildman–Crippen MR) is 99.0 cm³/mol. The Kier molecular flexibility index (Phi) is 4.54. The molecule has 1 amide bonds. The average molecular weight is 387 g/mol. The molecule has 148 valence electrons. The van der Waals surface area contributed by atoms with Crippen molar-refractivity contribution in [1.82, 2.24) is 14.5 Å². The van der Waals surface area contributed by atoms with Crippen LogP contribution in [0.2, 0.25) is 0 Å². The van der Waals surface area contributed by atoms with Gasteiger partial charge in [0.15, 0.2) is 0 Å². The van der Waals surface area contributed by atoms with E-state index in [1.54, 1.807) is 29.2 Å². The minimum atomic E-state index is -0.949. The molecule has 0 unspecified atom stereocenters. The third-order valence-electron chi connectivity index (χ3n) is 5.94. The number of likely N-dealkylation sites (tertiary alicyclic amines) is 1. The second kappa shape index (κ2) is 6.90. The summed E-state index contributed by atoms with van der Waals surface area (Å²) in [4.78, 5) is 52.6. The van der Waals surface area contributed by atoms with E-state index in [0.717, 1.165) is 0 Å². The van der Waals surface area contributed by atoms with Gasteiger partial charge in [-0.05, 0) is 18.6 Å². The van der Waals surface area contributed by atoms with E-state index in [-0.39, 0.29) is 31.3 Å². The van der Waals surface area contributed by atoms with Gasteiger partial charge in [-0.25, -0.2) is 4.79 Å². The largest absolute Gasteiger partial charge is 0.481 e. The molecule has 0 bridgehead atoms. The van der Waals surface area contributed by atoms with Crippen molar-refractivity contribution < 1.29 is 19.4 Å². The molecule has 0 saturated carbocycles. The van der Waals surface area contributed by atoms with Gasteiger partial charge in [0.05, 0.1) is 22.9 Å². The van der Waals surface area contributed by atoms with E-state index >= 15 is 0 Å². The lowest BCUT2D eigenvalue weighted by atomic mass is 9.74. The summed E-state index contributed by atoms with van der Waals surface area (Å²) in [7, 11) is 0. The quantitative estimate of drug-likeness (QED) is 0.763. The molecule has 0 aliphatic carbocycles. The van der Waals surface area contributed by atoms with Crippen molar-refractivity contribution in [3.8, 4) is 0 Å². The second-order valence-electron chi connectivity index (χ2n) is 7.44. The Morgan fingerprint density at radius 1 is 1.29 bits per heavy atom. The number of carboxylic acid groups (broad SMARTS) is 1. The number of rotatable bonds is 4. The van der Waals surface area contributed by atoms with Crippen LogP contribution >= 0.6 is 0 Å². The Balaban J connectivity index is 1.53. The minimum Gasteiger partial charge on any atom is -0.481 e. The molecule has 28 heavy (non-hydrogen) atoms. The SMILES string of the molecule is O=C(CCn1c(=O)[nH]c(=O)c2ccccc21)N1C[C@H]2COCC[C@@]2(C(=O)O)C1. The van der Waals surface area contributed by atoms with Crippen LogP contribution in [0.5, 0.6) is 0 Å². The van der Waals surface area contributed by atoms with Crippen LogP contribution in [0, 0.1) is 11.3 Å². The monoisotopic (exact) mass is 387 g/mol. The zero-order chi connectivity index (χ0) is 19.9. The number of hydrogen-bond acceptors (Lipinski definition) is 5. The summed E-state index contributed by atoms with van der Waals surface area (Å²) >= 11 is 0. The number of H-pyrrole nitrogens is 1. The molecule has 4 rings (SSSR count). The van der Waals surface area contributed by atoms with Crippen molar-refractivity contribution >= 4 is 22.8 Å². The van der Waals surface area contributed by atoms with Crippen LogP contribution in [0.15, 0.2) is 33.9 Å². The second-order valence-corrected chi connectivity index (χ2v) is 7.44. The van der Waals surface area contributed by atoms with Crippen LogP contribution in [0.1, 0.15) is 12.8 Å². The van der Waals surface area contributed by atoms with Gasteiger partial charge in [0, 0.05) is 38.6 Å². The third kappa shape index (κ3) is 2.91. The molecule has 9 heteroatoms. The highest BCUT2D eigenvalue weighted by Crippen LogP contribution is 2.42. The highest BCUT2D eigenvalue weighted by Gasteiger charge is 2.54. The van der Waals surface area contributed by atoms with Gasteiger partial charge in [-0.2, -0.15) is 0 Å². The number of para-hydroxylation sites is 1. The first-order chi connectivity index (χ1) is 13.4. The Bertz CT molecular complexity index is 1060. The van der Waals surface area contributed by atoms with Crippen molar-refractivity contribution in [3.05, 3.63) is 45.1 Å². The topological polar surface area (TPSA) is 122 Å². The fourth-order valence-corrected chi connectivity index (χ4v) is 4.32. The number of amides is 1. The normalized spacial score (nSPS) is 24.3. The summed E-state index contributed by atoms with van der Waals surface area (Å²) in [6, 6.07) is 6.71. The van der Waals surface area contributed by atoms with Crippen LogP contribution in [0.4, 0.5) is 0 Å². The number of aromatic amines is 1. The number of nitrogens with zero attached hydrogens (tertiary/aromatic N) is 2. The van der Waals surface area contributed by atoms with Gasteiger partial charge < -0.3 is 14.7 Å². The number of ether oxygens (including phenoxy) is 1. The molecule has 2 atom stereocenters. The first-order valence-electron chi connectivity index (χ1n) is 9.23. The van der Waals surface area contributed by atoms with Gasteiger partial charge in [-0.3, -0.25) is 23.9 Å². The molecular formula is C19H21N3O6. The number of carboxylic acids is 1. The number of aliphatic carboxylic acids is 1. The molecule has 1 aromatic heterocycles. The van der Waals surface area contributed by atoms with Crippen molar-refractivity contribution in [2.24, 2.45) is 11.3 Å². The molecular weight excluding hydrogens is 366 g/mol. The number of fused-ring (bicyclic) bond motifs is 2. The van der Waals surface area contributed by atoms with Gasteiger partial charge in [0.2, 0.25) is 5.91 Å². The molecule has 9 nitrogen and oxygen atoms in total. The van der Waals surface area contributed by atoms with Crippen LogP contribution < -0.4 is 11.2 Å². The smallest absolute Gasteiger partial charge is 0.328 e. The number of nitrogens with one attached hydrogen (secondary N) is 1. The number of aryl methyl sites for hydroxylation is 1. The van der Waals surface area contributed by atoms with E-state index in [4.69, 9.17) is 4.74 Å². The number of aromatic nitrogens is 2. The summed E-state index contributed by atoms with van der Waals surface area (Å²) < 4.78 is 6.78. The van der Waals surface area contributed by atoms with Crippen LogP contribution in [0.25, 0.3) is 10.9 Å². The maximum absolute atomic E-state index is 12.7. The fourth-order valence-electron chi connectivity index (χ4n) is 4.32. The molecule has 2 saturated heterocycles. The van der Waals surface area contributed by atoms with Crippen molar-refractivity contribution in [2.45, 2.75) is 19.4 Å². The Morgan fingerprint density at radius 3 is 2.82 bits per heavy atom. The van der Waals surface area contributed by atoms with E-state index in [1.807, 2.05) is 0 Å². The standard InChI is InChI=1S/C19H21N3O6/c23-15(21-9-12-10-28-8-6-19(12,11-21)17(25)26)5-7-22-14-4-2-1-3-13(14)16(24)20-18(22)27/h1-4,12H,5-11H2,(H,25,26)(H,20,24,27)/t12-,19+/m0/s1. The number of carbonyl (C=O) groups excluding carboxylic acids is 1. The Morgan fingerprint density at radius 2 is 2.07 bits per heavy atom. The molecule has 1 aromatic carbocycles. The highest BCUT2D eigenvalue weighted by atomic mass is 16.5. The minimum absolute atomic E-state index is 0.0409. The van der Waals surface area contributed by atoms with E-state index in [1.165, 1.54) is 4.57 Å². The molecule has 0 spiro atoms. The number of benzene rings is 1. The van der Waals surface area contributed by atoms with Crippen molar-refractivity contribution in [3.63, 3.8) is 0 Å². The van der Waals surface area contributed by atoms with E-state index < -0.39 is 22.6 Å².